The molecule has 0 aliphatic heterocycles. The lowest BCUT2D eigenvalue weighted by Crippen LogP contribution is -2.23. The molecule has 1 heterocycles. The molecule has 30 heavy (non-hydrogen) atoms. The number of benzene rings is 3. The summed E-state index contributed by atoms with van der Waals surface area (Å²) in [6.07, 6.45) is 1.94. The number of hydrogen-bond donors (Lipinski definition) is 0. The van der Waals surface area contributed by atoms with E-state index in [0.717, 1.165) is 18.4 Å². The van der Waals surface area contributed by atoms with Crippen LogP contribution in [0.25, 0.3) is 10.9 Å². The van der Waals surface area contributed by atoms with Crippen LogP contribution in [0.15, 0.2) is 94.9 Å². The predicted molar refractivity (Wildman–Crippen MR) is 120 cm³/mol. The van der Waals surface area contributed by atoms with Gasteiger partial charge < -0.3 is 0 Å². The van der Waals surface area contributed by atoms with E-state index >= 15 is 0 Å². The van der Waals surface area contributed by atoms with E-state index in [9.17, 15) is 9.59 Å². The van der Waals surface area contributed by atoms with E-state index in [0.29, 0.717) is 21.6 Å². The number of aromatic nitrogens is 2. The van der Waals surface area contributed by atoms with Crippen molar-refractivity contribution in [3.05, 3.63) is 106 Å². The highest BCUT2D eigenvalue weighted by molar-refractivity contribution is 8.00. The van der Waals surface area contributed by atoms with Gasteiger partial charge in [-0.2, -0.15) is 0 Å². The number of carbonyl (C=O) groups excluding carboxylic acids is 1. The number of carbonyl (C=O) groups is 1. The van der Waals surface area contributed by atoms with Crippen LogP contribution in [0.4, 0.5) is 0 Å². The van der Waals surface area contributed by atoms with E-state index in [2.05, 4.69) is 0 Å². The van der Waals surface area contributed by atoms with E-state index < -0.39 is 5.25 Å². The first kappa shape index (κ1) is 18.8. The maximum absolute atomic E-state index is 13.5. The number of fused-ring (bicyclic) bond motifs is 1. The zero-order chi connectivity index (χ0) is 20.5. The zero-order valence-electron chi connectivity index (χ0n) is 16.3. The van der Waals surface area contributed by atoms with Crippen molar-refractivity contribution in [3.8, 4) is 0 Å². The summed E-state index contributed by atoms with van der Waals surface area (Å²) in [6, 6.07) is 26.6. The molecule has 1 atom stereocenters. The summed E-state index contributed by atoms with van der Waals surface area (Å²) in [4.78, 5) is 31.5. The van der Waals surface area contributed by atoms with Crippen molar-refractivity contribution in [2.75, 3.05) is 0 Å². The number of para-hydroxylation sites is 1. The maximum Gasteiger partial charge on any atom is 0.262 e. The molecule has 1 aliphatic carbocycles. The molecule has 0 radical (unpaired) electrons. The Morgan fingerprint density at radius 1 is 0.900 bits per heavy atom. The summed E-state index contributed by atoms with van der Waals surface area (Å²) in [5.41, 5.74) is 2.20. The SMILES string of the molecule is O=C(c1ccccc1)[C@H](Sc1nc2ccccc2c(=O)n1C1CC1)c1ccccc1. The molecule has 4 aromatic rings. The van der Waals surface area contributed by atoms with Crippen molar-refractivity contribution in [1.82, 2.24) is 9.55 Å². The minimum atomic E-state index is -0.480. The van der Waals surface area contributed by atoms with Gasteiger partial charge in [0.25, 0.3) is 5.56 Å². The minimum Gasteiger partial charge on any atom is -0.293 e. The predicted octanol–water partition coefficient (Wildman–Crippen LogP) is 5.45. The molecule has 1 aromatic heterocycles. The topological polar surface area (TPSA) is 52.0 Å². The van der Waals surface area contributed by atoms with Gasteiger partial charge in [-0.05, 0) is 30.5 Å². The number of nitrogens with zero attached hydrogens (tertiary/aromatic N) is 2. The van der Waals surface area contributed by atoms with Gasteiger partial charge in [0.2, 0.25) is 0 Å². The van der Waals surface area contributed by atoms with Crippen LogP contribution in [-0.4, -0.2) is 15.3 Å². The molecule has 3 aromatic carbocycles. The maximum atomic E-state index is 13.5. The largest absolute Gasteiger partial charge is 0.293 e. The van der Waals surface area contributed by atoms with Crippen LogP contribution in [0.1, 0.15) is 40.1 Å². The fourth-order valence-corrected chi connectivity index (χ4v) is 4.87. The number of Topliss-reactive ketones (excluding diaryl/α,β-unsaturated/α-hetero) is 1. The van der Waals surface area contributed by atoms with E-state index in [1.807, 2.05) is 84.9 Å². The normalized spacial score (nSPS) is 14.5. The summed E-state index contributed by atoms with van der Waals surface area (Å²) in [6.45, 7) is 0. The summed E-state index contributed by atoms with van der Waals surface area (Å²) in [5, 5.41) is 0.755. The smallest absolute Gasteiger partial charge is 0.262 e. The molecular formula is C25H20N2O2S. The van der Waals surface area contributed by atoms with Gasteiger partial charge in [0.15, 0.2) is 10.9 Å². The number of hydrogen-bond acceptors (Lipinski definition) is 4. The average molecular weight is 413 g/mol. The van der Waals surface area contributed by atoms with Gasteiger partial charge in [-0.25, -0.2) is 4.98 Å². The molecule has 0 unspecified atom stereocenters. The molecular weight excluding hydrogens is 392 g/mol. The first-order valence-electron chi connectivity index (χ1n) is 10.0. The molecule has 0 spiro atoms. The summed E-state index contributed by atoms with van der Waals surface area (Å²) in [7, 11) is 0. The molecule has 1 aliphatic rings. The second kappa shape index (κ2) is 7.92. The van der Waals surface area contributed by atoms with Crippen molar-refractivity contribution in [2.24, 2.45) is 0 Å². The number of thioether (sulfide) groups is 1. The highest BCUT2D eigenvalue weighted by atomic mass is 32.2. The van der Waals surface area contributed by atoms with E-state index in [1.165, 1.54) is 11.8 Å². The molecule has 1 saturated carbocycles. The lowest BCUT2D eigenvalue weighted by Gasteiger charge is -2.19. The van der Waals surface area contributed by atoms with Crippen LogP contribution in [0.3, 0.4) is 0 Å². The van der Waals surface area contributed by atoms with Crippen LogP contribution >= 0.6 is 11.8 Å². The van der Waals surface area contributed by atoms with Gasteiger partial charge in [0.05, 0.1) is 10.9 Å². The van der Waals surface area contributed by atoms with Gasteiger partial charge in [-0.15, -0.1) is 0 Å². The van der Waals surface area contributed by atoms with Crippen molar-refractivity contribution in [2.45, 2.75) is 29.3 Å². The highest BCUT2D eigenvalue weighted by Gasteiger charge is 2.31. The van der Waals surface area contributed by atoms with Gasteiger partial charge in [0, 0.05) is 11.6 Å². The third-order valence-corrected chi connectivity index (χ3v) is 6.53. The molecule has 5 heteroatoms. The molecule has 0 bridgehead atoms. The van der Waals surface area contributed by atoms with Crippen molar-refractivity contribution >= 4 is 28.4 Å². The summed E-state index contributed by atoms with van der Waals surface area (Å²) < 4.78 is 1.79. The van der Waals surface area contributed by atoms with E-state index in [-0.39, 0.29) is 17.4 Å². The monoisotopic (exact) mass is 412 g/mol. The third kappa shape index (κ3) is 3.57. The zero-order valence-corrected chi connectivity index (χ0v) is 17.1. The summed E-state index contributed by atoms with van der Waals surface area (Å²) >= 11 is 1.37. The fraction of sp³-hybridized carbons (Fsp3) is 0.160. The van der Waals surface area contributed by atoms with Crippen molar-refractivity contribution < 1.29 is 4.79 Å². The Morgan fingerprint density at radius 3 is 2.23 bits per heavy atom. The Morgan fingerprint density at radius 2 is 1.53 bits per heavy atom. The number of rotatable bonds is 6. The molecule has 0 amide bonds. The second-order valence-corrected chi connectivity index (χ2v) is 8.53. The van der Waals surface area contributed by atoms with Crippen LogP contribution < -0.4 is 5.56 Å². The molecule has 0 saturated heterocycles. The van der Waals surface area contributed by atoms with E-state index in [1.54, 1.807) is 4.57 Å². The molecule has 148 valence electrons. The van der Waals surface area contributed by atoms with Gasteiger partial charge in [-0.1, -0.05) is 84.6 Å². The van der Waals surface area contributed by atoms with Crippen LogP contribution in [-0.2, 0) is 0 Å². The first-order chi connectivity index (χ1) is 14.7. The third-order valence-electron chi connectivity index (χ3n) is 5.31. The quantitative estimate of drug-likeness (QED) is 0.240. The lowest BCUT2D eigenvalue weighted by molar-refractivity contribution is 0.0989. The Kier molecular flexibility index (Phi) is 4.97. The fourth-order valence-electron chi connectivity index (χ4n) is 3.62. The van der Waals surface area contributed by atoms with Crippen LogP contribution in [0, 0.1) is 0 Å². The van der Waals surface area contributed by atoms with Crippen LogP contribution in [0.5, 0.6) is 0 Å². The molecule has 4 nitrogen and oxygen atoms in total. The van der Waals surface area contributed by atoms with E-state index in [4.69, 9.17) is 4.98 Å². The first-order valence-corrected chi connectivity index (χ1v) is 10.9. The Labute approximate surface area is 178 Å². The van der Waals surface area contributed by atoms with Gasteiger partial charge >= 0.3 is 0 Å². The van der Waals surface area contributed by atoms with Crippen molar-refractivity contribution in [1.29, 1.82) is 0 Å². The lowest BCUT2D eigenvalue weighted by atomic mass is 10.0. The Bertz CT molecular complexity index is 1260. The van der Waals surface area contributed by atoms with Gasteiger partial charge in [-0.3, -0.25) is 14.2 Å². The standard InChI is InChI=1S/C25H20N2O2S/c28-22(17-9-3-1-4-10-17)23(18-11-5-2-6-12-18)30-25-26-21-14-8-7-13-20(21)24(29)27(25)19-15-16-19/h1-14,19,23H,15-16H2/t23-/m1/s1. The van der Waals surface area contributed by atoms with Crippen LogP contribution in [0.2, 0.25) is 0 Å². The number of ketones is 1. The molecule has 1 fully saturated rings. The minimum absolute atomic E-state index is 0.0107. The molecule has 5 rings (SSSR count). The Balaban J connectivity index is 1.63. The van der Waals surface area contributed by atoms with Crippen molar-refractivity contribution in [3.63, 3.8) is 0 Å². The Hall–Kier alpha value is -3.18. The average Bonchev–Trinajstić information content (AvgIpc) is 3.63. The highest BCUT2D eigenvalue weighted by Crippen LogP contribution is 2.42. The molecule has 0 N–H and O–H groups in total. The summed E-state index contributed by atoms with van der Waals surface area (Å²) in [5.74, 6) is 0.0107. The second-order valence-electron chi connectivity index (χ2n) is 7.46. The van der Waals surface area contributed by atoms with Gasteiger partial charge in [0.1, 0.15) is 5.25 Å².